The van der Waals surface area contributed by atoms with Gasteiger partial charge in [0, 0.05) is 31.1 Å². The Balaban J connectivity index is 1.28. The van der Waals surface area contributed by atoms with E-state index in [0.717, 1.165) is 41.5 Å². The van der Waals surface area contributed by atoms with Crippen LogP contribution in [0.3, 0.4) is 0 Å². The number of hydrogen-bond acceptors (Lipinski definition) is 7. The SMILES string of the molecule is Cc1ccc(S(=O)(=O)N2CCN(C(=O)Cn3nnc4sc5c(c4c3=O)CCCC5)CC2)cc1. The normalized spacial score (nSPS) is 17.3. The van der Waals surface area contributed by atoms with Crippen LogP contribution in [-0.4, -0.2) is 64.7 Å². The summed E-state index contributed by atoms with van der Waals surface area (Å²) in [6.45, 7) is 2.65. The molecule has 1 aromatic carbocycles. The van der Waals surface area contributed by atoms with Crippen molar-refractivity contribution in [3.63, 3.8) is 0 Å². The molecule has 2 aliphatic rings. The van der Waals surface area contributed by atoms with Gasteiger partial charge in [0.25, 0.3) is 5.56 Å². The molecule has 9 nitrogen and oxygen atoms in total. The first kappa shape index (κ1) is 22.2. The maximum Gasteiger partial charge on any atom is 0.279 e. The van der Waals surface area contributed by atoms with E-state index >= 15 is 0 Å². The van der Waals surface area contributed by atoms with E-state index in [1.165, 1.54) is 20.5 Å². The molecule has 1 aliphatic heterocycles. The van der Waals surface area contributed by atoms with Crippen LogP contribution in [0.25, 0.3) is 10.2 Å². The summed E-state index contributed by atoms with van der Waals surface area (Å²) < 4.78 is 28.3. The number of aryl methyl sites for hydroxylation is 3. The molecule has 3 aromatic rings. The number of thiophene rings is 1. The summed E-state index contributed by atoms with van der Waals surface area (Å²) in [6.07, 6.45) is 3.99. The molecule has 1 aliphatic carbocycles. The second kappa shape index (κ2) is 8.62. The van der Waals surface area contributed by atoms with Gasteiger partial charge >= 0.3 is 0 Å². The van der Waals surface area contributed by atoms with Crippen molar-refractivity contribution in [2.75, 3.05) is 26.2 Å². The molecule has 0 atom stereocenters. The van der Waals surface area contributed by atoms with E-state index in [0.29, 0.717) is 10.2 Å². The maximum atomic E-state index is 13.1. The zero-order valence-electron chi connectivity index (χ0n) is 18.4. The van der Waals surface area contributed by atoms with E-state index < -0.39 is 10.0 Å². The lowest BCUT2D eigenvalue weighted by atomic mass is 9.97. The van der Waals surface area contributed by atoms with Crippen LogP contribution < -0.4 is 5.56 Å². The third kappa shape index (κ3) is 4.09. The molecule has 1 amide bonds. The lowest BCUT2D eigenvalue weighted by Gasteiger charge is -2.34. The van der Waals surface area contributed by atoms with Gasteiger partial charge in [-0.25, -0.2) is 13.1 Å². The van der Waals surface area contributed by atoms with Gasteiger partial charge in [0.1, 0.15) is 6.54 Å². The van der Waals surface area contributed by atoms with Crippen molar-refractivity contribution in [1.82, 2.24) is 24.2 Å². The average molecular weight is 488 g/mol. The highest BCUT2D eigenvalue weighted by Gasteiger charge is 2.30. The summed E-state index contributed by atoms with van der Waals surface area (Å²) in [5.74, 6) is -0.262. The molecule has 2 aromatic heterocycles. The van der Waals surface area contributed by atoms with Crippen molar-refractivity contribution in [2.45, 2.75) is 44.0 Å². The van der Waals surface area contributed by atoms with Crippen molar-refractivity contribution in [1.29, 1.82) is 0 Å². The van der Waals surface area contributed by atoms with E-state index in [1.54, 1.807) is 29.2 Å². The molecule has 174 valence electrons. The molecule has 0 radical (unpaired) electrons. The smallest absolute Gasteiger partial charge is 0.279 e. The molecule has 33 heavy (non-hydrogen) atoms. The van der Waals surface area contributed by atoms with E-state index in [-0.39, 0.29) is 49.1 Å². The summed E-state index contributed by atoms with van der Waals surface area (Å²) in [4.78, 5) is 29.6. The minimum atomic E-state index is -3.60. The Kier molecular flexibility index (Phi) is 5.79. The quantitative estimate of drug-likeness (QED) is 0.553. The first-order valence-corrected chi connectivity index (χ1v) is 13.3. The van der Waals surface area contributed by atoms with Crippen LogP contribution in [0.5, 0.6) is 0 Å². The maximum absolute atomic E-state index is 13.1. The Morgan fingerprint density at radius 1 is 1.06 bits per heavy atom. The van der Waals surface area contributed by atoms with Crippen LogP contribution in [0.2, 0.25) is 0 Å². The molecule has 0 unspecified atom stereocenters. The third-order valence-corrected chi connectivity index (χ3v) is 9.47. The number of piperazine rings is 1. The van der Waals surface area contributed by atoms with Crippen LogP contribution >= 0.6 is 11.3 Å². The second-order valence-electron chi connectivity index (χ2n) is 8.54. The van der Waals surface area contributed by atoms with E-state index in [4.69, 9.17) is 0 Å². The molecule has 0 spiro atoms. The Bertz CT molecular complexity index is 1370. The van der Waals surface area contributed by atoms with Crippen LogP contribution in [-0.2, 0) is 34.2 Å². The van der Waals surface area contributed by atoms with Gasteiger partial charge in [-0.3, -0.25) is 9.59 Å². The predicted octanol–water partition coefficient (Wildman–Crippen LogP) is 1.57. The third-order valence-electron chi connectivity index (χ3n) is 6.38. The summed E-state index contributed by atoms with van der Waals surface area (Å²) >= 11 is 1.53. The minimum Gasteiger partial charge on any atom is -0.338 e. The van der Waals surface area contributed by atoms with Gasteiger partial charge < -0.3 is 4.90 Å². The van der Waals surface area contributed by atoms with Crippen molar-refractivity contribution < 1.29 is 13.2 Å². The van der Waals surface area contributed by atoms with Gasteiger partial charge in [-0.05, 0) is 50.3 Å². The number of carbonyl (C=O) groups excluding carboxylic acids is 1. The van der Waals surface area contributed by atoms with E-state index in [1.807, 2.05) is 6.92 Å². The van der Waals surface area contributed by atoms with E-state index in [2.05, 4.69) is 10.3 Å². The number of fused-ring (bicyclic) bond motifs is 3. The number of sulfonamides is 1. The Hall–Kier alpha value is -2.63. The molecular formula is C22H25N5O4S2. The highest BCUT2D eigenvalue weighted by atomic mass is 32.2. The first-order valence-electron chi connectivity index (χ1n) is 11.1. The van der Waals surface area contributed by atoms with Gasteiger partial charge in [0.05, 0.1) is 10.3 Å². The Morgan fingerprint density at radius 3 is 2.48 bits per heavy atom. The number of amides is 1. The number of aromatic nitrogens is 3. The van der Waals surface area contributed by atoms with Crippen LogP contribution in [0.15, 0.2) is 34.0 Å². The van der Waals surface area contributed by atoms with Crippen molar-refractivity contribution in [3.05, 3.63) is 50.6 Å². The lowest BCUT2D eigenvalue weighted by Crippen LogP contribution is -2.51. The topological polar surface area (TPSA) is 105 Å². The fourth-order valence-electron chi connectivity index (χ4n) is 4.48. The first-order chi connectivity index (χ1) is 15.8. The summed E-state index contributed by atoms with van der Waals surface area (Å²) in [5, 5.41) is 8.80. The number of rotatable bonds is 4. The van der Waals surface area contributed by atoms with Crippen LogP contribution in [0.4, 0.5) is 0 Å². The molecule has 1 fully saturated rings. The van der Waals surface area contributed by atoms with Gasteiger partial charge in [0.2, 0.25) is 15.9 Å². The molecule has 3 heterocycles. The number of carbonyl (C=O) groups is 1. The fraction of sp³-hybridized carbons (Fsp3) is 0.455. The summed E-state index contributed by atoms with van der Waals surface area (Å²) in [5.41, 5.74) is 1.79. The Morgan fingerprint density at radius 2 is 1.76 bits per heavy atom. The number of hydrogen-bond donors (Lipinski definition) is 0. The van der Waals surface area contributed by atoms with E-state index in [9.17, 15) is 18.0 Å². The average Bonchev–Trinajstić information content (AvgIpc) is 3.20. The molecule has 0 saturated carbocycles. The molecule has 0 N–H and O–H groups in total. The highest BCUT2D eigenvalue weighted by molar-refractivity contribution is 7.89. The minimum absolute atomic E-state index is 0.197. The zero-order chi connectivity index (χ0) is 23.2. The van der Waals surface area contributed by atoms with Gasteiger partial charge in [-0.2, -0.15) is 4.31 Å². The van der Waals surface area contributed by atoms with Gasteiger partial charge in [-0.1, -0.05) is 22.9 Å². The van der Waals surface area contributed by atoms with Crippen molar-refractivity contribution >= 4 is 37.5 Å². The van der Waals surface area contributed by atoms with Crippen molar-refractivity contribution in [3.8, 4) is 0 Å². The molecule has 5 rings (SSSR count). The predicted molar refractivity (Wildman–Crippen MR) is 125 cm³/mol. The molecule has 11 heteroatoms. The standard InChI is InChI=1S/C22H25N5O4S2/c1-15-6-8-16(9-7-15)33(30,31)26-12-10-25(11-13-26)19(28)14-27-22(29)20-17-4-2-3-5-18(17)32-21(20)23-24-27/h6-9H,2-5,10-14H2,1H3. The monoisotopic (exact) mass is 487 g/mol. The Labute approximate surface area is 195 Å². The summed E-state index contributed by atoms with van der Waals surface area (Å²) in [7, 11) is -3.60. The molecule has 1 saturated heterocycles. The number of nitrogens with zero attached hydrogens (tertiary/aromatic N) is 5. The second-order valence-corrected chi connectivity index (χ2v) is 11.6. The summed E-state index contributed by atoms with van der Waals surface area (Å²) in [6, 6.07) is 6.75. The number of benzene rings is 1. The molecular weight excluding hydrogens is 462 g/mol. The highest BCUT2D eigenvalue weighted by Crippen LogP contribution is 2.33. The fourth-order valence-corrected chi connectivity index (χ4v) is 7.09. The van der Waals surface area contributed by atoms with Crippen LogP contribution in [0, 0.1) is 6.92 Å². The van der Waals surface area contributed by atoms with Crippen molar-refractivity contribution in [2.24, 2.45) is 0 Å². The van der Waals surface area contributed by atoms with Crippen LogP contribution in [0.1, 0.15) is 28.8 Å². The lowest BCUT2D eigenvalue weighted by molar-refractivity contribution is -0.133. The van der Waals surface area contributed by atoms with Gasteiger partial charge in [0.15, 0.2) is 4.83 Å². The zero-order valence-corrected chi connectivity index (χ0v) is 20.0. The van der Waals surface area contributed by atoms with Gasteiger partial charge in [-0.15, -0.1) is 16.4 Å². The largest absolute Gasteiger partial charge is 0.338 e. The molecule has 0 bridgehead atoms.